The molecular formula is C10H28O6Si. The van der Waals surface area contributed by atoms with Crippen LogP contribution in [0.4, 0.5) is 0 Å². The van der Waals surface area contributed by atoms with Crippen molar-refractivity contribution in [3.63, 3.8) is 0 Å². The fraction of sp³-hybridized carbons (Fsp3) is 1.00. The van der Waals surface area contributed by atoms with Crippen LogP contribution in [0.3, 0.4) is 0 Å². The summed E-state index contributed by atoms with van der Waals surface area (Å²) in [5, 5.41) is 15.2. The highest BCUT2D eigenvalue weighted by atomic mass is 28.4. The average Bonchev–Trinajstić information content (AvgIpc) is 2.37. The minimum absolute atomic E-state index is 0.125. The normalized spacial score (nSPS) is 9.88. The molecule has 2 N–H and O–H groups in total. The zero-order chi connectivity index (χ0) is 14.2. The molecule has 108 valence electrons. The lowest BCUT2D eigenvalue weighted by Crippen LogP contribution is -2.42. The Bertz CT molecular complexity index is 111. The second-order valence-corrected chi connectivity index (χ2v) is 5.99. The van der Waals surface area contributed by atoms with Crippen LogP contribution in [-0.2, 0) is 18.0 Å². The number of aliphatic hydroxyl groups is 2. The number of ether oxygens (including phenoxy) is 1. The first-order valence-electron chi connectivity index (χ1n) is 5.35. The Morgan fingerprint density at radius 1 is 0.824 bits per heavy atom. The van der Waals surface area contributed by atoms with Crippen molar-refractivity contribution in [1.29, 1.82) is 0 Å². The minimum Gasteiger partial charge on any atom is -0.394 e. The molecule has 0 aliphatic rings. The summed E-state index contributed by atoms with van der Waals surface area (Å²) in [6.45, 7) is 1.83. The van der Waals surface area contributed by atoms with E-state index < -0.39 is 8.80 Å². The molecule has 0 unspecified atom stereocenters. The van der Waals surface area contributed by atoms with Gasteiger partial charge in [0.25, 0.3) is 0 Å². The van der Waals surface area contributed by atoms with Crippen LogP contribution in [0.5, 0.6) is 0 Å². The summed E-state index contributed by atoms with van der Waals surface area (Å²) >= 11 is 0. The summed E-state index contributed by atoms with van der Waals surface area (Å²) in [5.41, 5.74) is 0. The van der Waals surface area contributed by atoms with E-state index in [1.54, 1.807) is 35.5 Å². The molecule has 0 radical (unpaired) electrons. The number of hydrogen-bond acceptors (Lipinski definition) is 6. The van der Waals surface area contributed by atoms with Crippen LogP contribution in [0, 0.1) is 0 Å². The zero-order valence-electron chi connectivity index (χ0n) is 11.9. The van der Waals surface area contributed by atoms with Gasteiger partial charge >= 0.3 is 8.80 Å². The Labute approximate surface area is 106 Å². The van der Waals surface area contributed by atoms with Gasteiger partial charge in [-0.15, -0.1) is 0 Å². The molecule has 0 aliphatic carbocycles. The third-order valence-electron chi connectivity index (χ3n) is 1.59. The summed E-state index contributed by atoms with van der Waals surface area (Å²) in [7, 11) is 5.93. The maximum Gasteiger partial charge on any atom is 0.500 e. The molecule has 0 aromatic carbocycles. The van der Waals surface area contributed by atoms with Crippen molar-refractivity contribution >= 4 is 8.80 Å². The molecule has 0 atom stereocenters. The van der Waals surface area contributed by atoms with Gasteiger partial charge in [-0.1, -0.05) is 13.3 Å². The monoisotopic (exact) mass is 272 g/mol. The highest BCUT2D eigenvalue weighted by Crippen LogP contribution is 2.13. The van der Waals surface area contributed by atoms with E-state index in [0.717, 1.165) is 12.5 Å². The van der Waals surface area contributed by atoms with E-state index in [1.807, 2.05) is 0 Å². The Balaban J connectivity index is -0.000000232. The highest BCUT2D eigenvalue weighted by Gasteiger charge is 2.36. The van der Waals surface area contributed by atoms with E-state index in [4.69, 9.17) is 23.5 Å². The van der Waals surface area contributed by atoms with Crippen molar-refractivity contribution in [2.45, 2.75) is 19.4 Å². The third-order valence-corrected chi connectivity index (χ3v) is 4.57. The summed E-state index contributed by atoms with van der Waals surface area (Å²) in [5.74, 6) is 0. The molecule has 0 rings (SSSR count). The molecular weight excluding hydrogens is 244 g/mol. The van der Waals surface area contributed by atoms with Gasteiger partial charge in [-0.25, -0.2) is 0 Å². The van der Waals surface area contributed by atoms with Gasteiger partial charge in [0.2, 0.25) is 0 Å². The standard InChI is InChI=1S/C6H16O3Si.C2H6O2.C2H6O/c1-5-6-10(7-2,8-3)9-4;3-1-2-4;1-3-2/h5-6H2,1-4H3;3-4H,1-2H2;1-2H3. The highest BCUT2D eigenvalue weighted by molar-refractivity contribution is 6.60. The lowest BCUT2D eigenvalue weighted by atomic mass is 10.6. The first kappa shape index (κ1) is 22.2. The molecule has 0 aromatic heterocycles. The molecule has 0 bridgehead atoms. The van der Waals surface area contributed by atoms with Crippen molar-refractivity contribution in [3.8, 4) is 0 Å². The Morgan fingerprint density at radius 3 is 1.18 bits per heavy atom. The van der Waals surface area contributed by atoms with Gasteiger partial charge in [0.15, 0.2) is 0 Å². The SMILES string of the molecule is CCC[Si](OC)(OC)OC.COC.OCCO. The van der Waals surface area contributed by atoms with Crippen molar-refractivity contribution < 1.29 is 28.2 Å². The van der Waals surface area contributed by atoms with Crippen LogP contribution in [0.2, 0.25) is 6.04 Å². The van der Waals surface area contributed by atoms with Crippen molar-refractivity contribution in [2.75, 3.05) is 48.8 Å². The second kappa shape index (κ2) is 18.3. The lowest BCUT2D eigenvalue weighted by molar-refractivity contribution is 0.123. The Hall–Kier alpha value is -0.0231. The molecule has 0 aromatic rings. The van der Waals surface area contributed by atoms with Gasteiger partial charge in [-0.05, 0) is 0 Å². The first-order chi connectivity index (χ1) is 8.07. The Morgan fingerprint density at radius 2 is 1.12 bits per heavy atom. The zero-order valence-corrected chi connectivity index (χ0v) is 12.9. The molecule has 0 saturated carbocycles. The maximum absolute atomic E-state index is 7.62. The molecule has 0 saturated heterocycles. The Kier molecular flexibility index (Phi) is 23.9. The van der Waals surface area contributed by atoms with Gasteiger partial charge in [0.1, 0.15) is 0 Å². The topological polar surface area (TPSA) is 77.4 Å². The van der Waals surface area contributed by atoms with E-state index in [0.29, 0.717) is 0 Å². The van der Waals surface area contributed by atoms with E-state index >= 15 is 0 Å². The molecule has 6 nitrogen and oxygen atoms in total. The fourth-order valence-electron chi connectivity index (χ4n) is 0.862. The quantitative estimate of drug-likeness (QED) is 0.686. The maximum atomic E-state index is 7.62. The van der Waals surface area contributed by atoms with E-state index in [2.05, 4.69) is 11.7 Å². The molecule has 0 aliphatic heterocycles. The van der Waals surface area contributed by atoms with Gasteiger partial charge in [-0.2, -0.15) is 0 Å². The van der Waals surface area contributed by atoms with E-state index in [-0.39, 0.29) is 13.2 Å². The van der Waals surface area contributed by atoms with Gasteiger partial charge in [-0.3, -0.25) is 0 Å². The van der Waals surface area contributed by atoms with Crippen LogP contribution in [0.1, 0.15) is 13.3 Å². The molecule has 0 fully saturated rings. The number of rotatable bonds is 6. The van der Waals surface area contributed by atoms with Crippen LogP contribution >= 0.6 is 0 Å². The van der Waals surface area contributed by atoms with Crippen LogP contribution in [0.25, 0.3) is 0 Å². The van der Waals surface area contributed by atoms with Crippen molar-refractivity contribution in [2.24, 2.45) is 0 Å². The summed E-state index contributed by atoms with van der Waals surface area (Å²) in [6.07, 6.45) is 1.03. The molecule has 0 amide bonds. The average molecular weight is 272 g/mol. The number of methoxy groups -OCH3 is 1. The van der Waals surface area contributed by atoms with Crippen LogP contribution in [-0.4, -0.2) is 67.8 Å². The summed E-state index contributed by atoms with van der Waals surface area (Å²) < 4.78 is 19.8. The predicted molar refractivity (Wildman–Crippen MR) is 69.0 cm³/mol. The van der Waals surface area contributed by atoms with Crippen molar-refractivity contribution in [1.82, 2.24) is 0 Å². The minimum atomic E-state index is -2.22. The molecule has 17 heavy (non-hydrogen) atoms. The predicted octanol–water partition coefficient (Wildman–Crippen LogP) is 0.508. The second-order valence-electron chi connectivity index (χ2n) is 2.90. The van der Waals surface area contributed by atoms with Gasteiger partial charge in [0, 0.05) is 41.6 Å². The fourth-order valence-corrected chi connectivity index (χ4v) is 2.59. The summed E-state index contributed by atoms with van der Waals surface area (Å²) in [4.78, 5) is 0. The largest absolute Gasteiger partial charge is 0.500 e. The van der Waals surface area contributed by atoms with E-state index in [1.165, 1.54) is 0 Å². The first-order valence-corrected chi connectivity index (χ1v) is 7.28. The van der Waals surface area contributed by atoms with Crippen LogP contribution < -0.4 is 0 Å². The number of aliphatic hydroxyl groups excluding tert-OH is 2. The molecule has 0 heterocycles. The molecule has 0 spiro atoms. The lowest BCUT2D eigenvalue weighted by Gasteiger charge is -2.23. The summed E-state index contributed by atoms with van der Waals surface area (Å²) in [6, 6.07) is 0.885. The third kappa shape index (κ3) is 16.0. The van der Waals surface area contributed by atoms with E-state index in [9.17, 15) is 0 Å². The molecule has 7 heteroatoms. The van der Waals surface area contributed by atoms with Crippen molar-refractivity contribution in [3.05, 3.63) is 0 Å². The van der Waals surface area contributed by atoms with Gasteiger partial charge < -0.3 is 28.2 Å². The van der Waals surface area contributed by atoms with Gasteiger partial charge in [0.05, 0.1) is 13.2 Å². The number of hydrogen-bond donors (Lipinski definition) is 2. The smallest absolute Gasteiger partial charge is 0.394 e. The van der Waals surface area contributed by atoms with Crippen LogP contribution in [0.15, 0.2) is 0 Å².